The van der Waals surface area contributed by atoms with Crippen LogP contribution >= 0.6 is 11.5 Å². The fourth-order valence-corrected chi connectivity index (χ4v) is 4.07. The van der Waals surface area contributed by atoms with E-state index in [9.17, 15) is 4.79 Å². The summed E-state index contributed by atoms with van der Waals surface area (Å²) in [6.45, 7) is 3.74. The molecule has 1 amide bonds. The van der Waals surface area contributed by atoms with Gasteiger partial charge in [-0.3, -0.25) is 4.79 Å². The molecular weight excluding hydrogens is 262 g/mol. The van der Waals surface area contributed by atoms with Gasteiger partial charge in [0.15, 0.2) is 0 Å². The maximum absolute atomic E-state index is 12.5. The van der Waals surface area contributed by atoms with Gasteiger partial charge in [-0.2, -0.15) is 0 Å². The van der Waals surface area contributed by atoms with Crippen LogP contribution in [-0.2, 0) is 11.2 Å². The number of likely N-dealkylation sites (tertiary alicyclic amines) is 1. The highest BCUT2D eigenvalue weighted by Gasteiger charge is 2.43. The molecule has 0 N–H and O–H groups in total. The predicted molar refractivity (Wildman–Crippen MR) is 72.2 cm³/mol. The number of carbonyl (C=O) groups excluding carboxylic acids is 1. The lowest BCUT2D eigenvalue weighted by atomic mass is 10.0. The van der Waals surface area contributed by atoms with Crippen LogP contribution in [0.4, 0.5) is 0 Å². The van der Waals surface area contributed by atoms with Crippen molar-refractivity contribution in [3.05, 3.63) is 10.6 Å². The Morgan fingerprint density at radius 3 is 2.68 bits per heavy atom. The number of rotatable bonds is 3. The second-order valence-electron chi connectivity index (χ2n) is 5.46. The predicted octanol–water partition coefficient (Wildman–Crippen LogP) is 1.60. The normalized spacial score (nSPS) is 29.8. The number of ether oxygens (including phenoxy) is 1. The Morgan fingerprint density at radius 1 is 1.42 bits per heavy atom. The van der Waals surface area contributed by atoms with Crippen LogP contribution in [-0.4, -0.2) is 46.7 Å². The van der Waals surface area contributed by atoms with E-state index in [0.717, 1.165) is 42.9 Å². The third kappa shape index (κ3) is 2.27. The van der Waals surface area contributed by atoms with Crippen LogP contribution in [0.15, 0.2) is 0 Å². The molecule has 2 heterocycles. The number of fused-ring (bicyclic) bond motifs is 1. The summed E-state index contributed by atoms with van der Waals surface area (Å²) in [6.07, 6.45) is 3.34. The van der Waals surface area contributed by atoms with Gasteiger partial charge in [-0.05, 0) is 42.6 Å². The van der Waals surface area contributed by atoms with E-state index in [0.29, 0.717) is 17.9 Å². The molecule has 5 nitrogen and oxygen atoms in total. The fourth-order valence-electron chi connectivity index (χ4n) is 3.35. The van der Waals surface area contributed by atoms with Crippen LogP contribution in [0.1, 0.15) is 35.1 Å². The number of methoxy groups -OCH3 is 1. The standard InChI is InChI=1S/C13H19N3O2S/c1-3-11-12(19-15-14-11)13(17)16-6-8-4-10(18-2)5-9(8)7-16/h8-10H,3-7H2,1-2H3/t8-,9+,10?. The number of amides is 1. The van der Waals surface area contributed by atoms with E-state index in [2.05, 4.69) is 9.59 Å². The van der Waals surface area contributed by atoms with Gasteiger partial charge in [-0.1, -0.05) is 11.4 Å². The minimum atomic E-state index is 0.121. The molecule has 0 radical (unpaired) electrons. The Hall–Kier alpha value is -1.01. The quantitative estimate of drug-likeness (QED) is 0.844. The molecule has 3 atom stereocenters. The van der Waals surface area contributed by atoms with Crippen molar-refractivity contribution in [2.45, 2.75) is 32.3 Å². The average molecular weight is 281 g/mol. The first-order chi connectivity index (χ1) is 9.22. The fraction of sp³-hybridized carbons (Fsp3) is 0.769. The number of hydrogen-bond acceptors (Lipinski definition) is 5. The van der Waals surface area contributed by atoms with Crippen molar-refractivity contribution in [3.63, 3.8) is 0 Å². The van der Waals surface area contributed by atoms with Gasteiger partial charge in [0, 0.05) is 20.2 Å². The van der Waals surface area contributed by atoms with E-state index in [1.807, 2.05) is 11.8 Å². The molecule has 1 saturated heterocycles. The van der Waals surface area contributed by atoms with Crippen molar-refractivity contribution in [2.24, 2.45) is 11.8 Å². The molecule has 2 aliphatic rings. The van der Waals surface area contributed by atoms with Gasteiger partial charge >= 0.3 is 0 Å². The second kappa shape index (κ2) is 5.17. The lowest BCUT2D eigenvalue weighted by Crippen LogP contribution is -2.30. The van der Waals surface area contributed by atoms with Crippen LogP contribution < -0.4 is 0 Å². The zero-order valence-corrected chi connectivity index (χ0v) is 12.2. The molecular formula is C13H19N3O2S. The van der Waals surface area contributed by atoms with Crippen molar-refractivity contribution in [1.29, 1.82) is 0 Å². The monoisotopic (exact) mass is 281 g/mol. The molecule has 6 heteroatoms. The SMILES string of the molecule is CCc1nnsc1C(=O)N1C[C@H]2CC(OC)C[C@H]2C1. The maximum atomic E-state index is 12.5. The number of hydrogen-bond donors (Lipinski definition) is 0. The Kier molecular flexibility index (Phi) is 3.54. The van der Waals surface area contributed by atoms with Crippen molar-refractivity contribution in [2.75, 3.05) is 20.2 Å². The second-order valence-corrected chi connectivity index (χ2v) is 6.22. The van der Waals surface area contributed by atoms with Crippen LogP contribution in [0.5, 0.6) is 0 Å². The summed E-state index contributed by atoms with van der Waals surface area (Å²) in [4.78, 5) is 15.2. The van der Waals surface area contributed by atoms with Crippen LogP contribution in [0.25, 0.3) is 0 Å². The largest absolute Gasteiger partial charge is 0.381 e. The molecule has 0 aromatic carbocycles. The van der Waals surface area contributed by atoms with Crippen molar-refractivity contribution >= 4 is 17.4 Å². The number of aromatic nitrogens is 2. The Balaban J connectivity index is 1.68. The summed E-state index contributed by atoms with van der Waals surface area (Å²) in [5, 5.41) is 4.03. The first-order valence-electron chi connectivity index (χ1n) is 6.86. The van der Waals surface area contributed by atoms with Gasteiger partial charge in [0.05, 0.1) is 11.8 Å². The summed E-state index contributed by atoms with van der Waals surface area (Å²) in [5.74, 6) is 1.34. The summed E-state index contributed by atoms with van der Waals surface area (Å²) in [6, 6.07) is 0. The smallest absolute Gasteiger partial charge is 0.267 e. The van der Waals surface area contributed by atoms with Gasteiger partial charge in [-0.25, -0.2) is 0 Å². The molecule has 1 aromatic heterocycles. The van der Waals surface area contributed by atoms with Crippen molar-refractivity contribution in [1.82, 2.24) is 14.5 Å². The number of carbonyl (C=O) groups is 1. The average Bonchev–Trinajstić information content (AvgIpc) is 3.10. The maximum Gasteiger partial charge on any atom is 0.267 e. The van der Waals surface area contributed by atoms with Gasteiger partial charge in [0.2, 0.25) is 0 Å². The molecule has 104 valence electrons. The summed E-state index contributed by atoms with van der Waals surface area (Å²) >= 11 is 1.23. The third-order valence-corrected chi connectivity index (χ3v) is 5.17. The molecule has 1 aromatic rings. The molecule has 1 saturated carbocycles. The van der Waals surface area contributed by atoms with Crippen LogP contribution in [0.2, 0.25) is 0 Å². The molecule has 2 fully saturated rings. The highest BCUT2D eigenvalue weighted by Crippen LogP contribution is 2.39. The Morgan fingerprint density at radius 2 is 2.11 bits per heavy atom. The minimum absolute atomic E-state index is 0.121. The van der Waals surface area contributed by atoms with E-state index in [1.54, 1.807) is 7.11 Å². The number of nitrogens with zero attached hydrogens (tertiary/aromatic N) is 3. The van der Waals surface area contributed by atoms with Gasteiger partial charge in [0.25, 0.3) is 5.91 Å². The topological polar surface area (TPSA) is 55.3 Å². The molecule has 3 rings (SSSR count). The highest BCUT2D eigenvalue weighted by atomic mass is 32.1. The van der Waals surface area contributed by atoms with Crippen molar-refractivity contribution < 1.29 is 9.53 Å². The van der Waals surface area contributed by atoms with E-state index < -0.39 is 0 Å². The van der Waals surface area contributed by atoms with Crippen LogP contribution in [0, 0.1) is 11.8 Å². The van der Waals surface area contributed by atoms with Crippen LogP contribution in [0.3, 0.4) is 0 Å². The molecule has 1 aliphatic heterocycles. The Labute approximate surface area is 117 Å². The molecule has 1 aliphatic carbocycles. The van der Waals surface area contributed by atoms with E-state index >= 15 is 0 Å². The van der Waals surface area contributed by atoms with E-state index in [4.69, 9.17) is 4.74 Å². The highest BCUT2D eigenvalue weighted by molar-refractivity contribution is 7.08. The van der Waals surface area contributed by atoms with Gasteiger partial charge < -0.3 is 9.64 Å². The van der Waals surface area contributed by atoms with Gasteiger partial charge in [-0.15, -0.1) is 5.10 Å². The van der Waals surface area contributed by atoms with Gasteiger partial charge in [0.1, 0.15) is 4.88 Å². The first kappa shape index (κ1) is 13.0. The van der Waals surface area contributed by atoms with E-state index in [-0.39, 0.29) is 5.91 Å². The molecule has 0 spiro atoms. The molecule has 19 heavy (non-hydrogen) atoms. The molecule has 1 unspecified atom stereocenters. The summed E-state index contributed by atoms with van der Waals surface area (Å²) < 4.78 is 9.34. The Bertz CT molecular complexity index is 462. The third-order valence-electron chi connectivity index (χ3n) is 4.41. The minimum Gasteiger partial charge on any atom is -0.381 e. The zero-order chi connectivity index (χ0) is 13.4. The zero-order valence-electron chi connectivity index (χ0n) is 11.3. The summed E-state index contributed by atoms with van der Waals surface area (Å²) in [5.41, 5.74) is 0.835. The first-order valence-corrected chi connectivity index (χ1v) is 7.63. The summed E-state index contributed by atoms with van der Waals surface area (Å²) in [7, 11) is 1.78. The van der Waals surface area contributed by atoms with E-state index in [1.165, 1.54) is 11.5 Å². The van der Waals surface area contributed by atoms with Crippen molar-refractivity contribution in [3.8, 4) is 0 Å². The lowest BCUT2D eigenvalue weighted by molar-refractivity contribution is 0.0734. The number of aryl methyl sites for hydroxylation is 1. The lowest BCUT2D eigenvalue weighted by Gasteiger charge is -2.18. The molecule has 0 bridgehead atoms.